The first-order valence-corrected chi connectivity index (χ1v) is 7.00. The van der Waals surface area contributed by atoms with Gasteiger partial charge in [-0.15, -0.1) is 0 Å². The molecule has 0 spiro atoms. The largest absolute Gasteiger partial charge is 0.466 e. The molecule has 0 heterocycles. The zero-order valence-corrected chi connectivity index (χ0v) is 12.0. The third-order valence-electron chi connectivity index (χ3n) is 4.70. The minimum absolute atomic E-state index is 0.193. The lowest BCUT2D eigenvalue weighted by molar-refractivity contribution is -0.136. The summed E-state index contributed by atoms with van der Waals surface area (Å²) in [6.07, 6.45) is 7.14. The molecule has 3 atom stereocenters. The van der Waals surface area contributed by atoms with Gasteiger partial charge in [-0.3, -0.25) is 0 Å². The van der Waals surface area contributed by atoms with Crippen LogP contribution in [0.2, 0.25) is 0 Å². The Morgan fingerprint density at radius 1 is 1.33 bits per heavy atom. The van der Waals surface area contributed by atoms with Crippen LogP contribution >= 0.6 is 0 Å². The van der Waals surface area contributed by atoms with Gasteiger partial charge in [0.1, 0.15) is 0 Å². The lowest BCUT2D eigenvalue weighted by Gasteiger charge is -2.34. The van der Waals surface area contributed by atoms with Crippen molar-refractivity contribution in [1.29, 1.82) is 0 Å². The van der Waals surface area contributed by atoms with Crippen molar-refractivity contribution in [1.82, 2.24) is 0 Å². The van der Waals surface area contributed by atoms with E-state index in [1.165, 1.54) is 32.8 Å². The summed E-state index contributed by atoms with van der Waals surface area (Å²) in [5.74, 6) is 1.83. The molecule has 0 saturated heterocycles. The molecule has 0 aliphatic heterocycles. The van der Waals surface area contributed by atoms with Gasteiger partial charge in [0.15, 0.2) is 0 Å². The van der Waals surface area contributed by atoms with Crippen molar-refractivity contribution in [2.24, 2.45) is 17.8 Å². The molecule has 0 amide bonds. The second kappa shape index (κ2) is 5.29. The number of allylic oxidation sites excluding steroid dienone is 3. The van der Waals surface area contributed by atoms with Crippen molar-refractivity contribution >= 4 is 5.97 Å². The second-order valence-electron chi connectivity index (χ2n) is 5.88. The first-order valence-electron chi connectivity index (χ1n) is 7.00. The highest BCUT2D eigenvalue weighted by molar-refractivity contribution is 5.87. The van der Waals surface area contributed by atoms with Crippen LogP contribution in [0.3, 0.4) is 0 Å². The average Bonchev–Trinajstić information content (AvgIpc) is 2.75. The smallest absolute Gasteiger partial charge is 0.333 e. The number of carbonyl (C=O) groups excluding carboxylic acids is 1. The molecule has 1 saturated carbocycles. The second-order valence-corrected chi connectivity index (χ2v) is 5.88. The molecular formula is C16H24O2. The van der Waals surface area contributed by atoms with E-state index >= 15 is 0 Å². The van der Waals surface area contributed by atoms with Gasteiger partial charge < -0.3 is 4.74 Å². The standard InChI is InChI=1S/C16H24O2/c1-10-5-7-13(9-12(3)16(17)18-4)15-11(2)6-8-14(10)15/h9-10,13-14H,5-8H2,1-4H3/b12-9+/t10?,13-,14?/m0/s1. The fourth-order valence-corrected chi connectivity index (χ4v) is 3.67. The number of hydrogen-bond donors (Lipinski definition) is 0. The summed E-state index contributed by atoms with van der Waals surface area (Å²) in [6, 6.07) is 0. The highest BCUT2D eigenvalue weighted by atomic mass is 16.5. The van der Waals surface area contributed by atoms with Gasteiger partial charge in [-0.1, -0.05) is 24.1 Å². The average molecular weight is 248 g/mol. The first kappa shape index (κ1) is 13.4. The molecule has 1 fully saturated rings. The van der Waals surface area contributed by atoms with Gasteiger partial charge in [-0.25, -0.2) is 4.79 Å². The van der Waals surface area contributed by atoms with Crippen LogP contribution in [0, 0.1) is 17.8 Å². The topological polar surface area (TPSA) is 26.3 Å². The summed E-state index contributed by atoms with van der Waals surface area (Å²) in [4.78, 5) is 11.5. The Hall–Kier alpha value is -1.05. The lowest BCUT2D eigenvalue weighted by atomic mass is 9.71. The van der Waals surface area contributed by atoms with Crippen molar-refractivity contribution < 1.29 is 9.53 Å². The predicted molar refractivity (Wildman–Crippen MR) is 73.1 cm³/mol. The zero-order chi connectivity index (χ0) is 13.3. The van der Waals surface area contributed by atoms with E-state index in [1.54, 1.807) is 11.1 Å². The summed E-state index contributed by atoms with van der Waals surface area (Å²) in [5, 5.41) is 0. The number of methoxy groups -OCH3 is 1. The van der Waals surface area contributed by atoms with E-state index in [1.807, 2.05) is 6.92 Å². The zero-order valence-electron chi connectivity index (χ0n) is 12.0. The maximum Gasteiger partial charge on any atom is 0.333 e. The normalized spacial score (nSPS) is 32.4. The lowest BCUT2D eigenvalue weighted by Crippen LogP contribution is -2.23. The molecule has 0 aromatic heterocycles. The molecule has 2 heteroatoms. The molecule has 18 heavy (non-hydrogen) atoms. The van der Waals surface area contributed by atoms with Gasteiger partial charge in [0, 0.05) is 5.57 Å². The summed E-state index contributed by atoms with van der Waals surface area (Å²) in [6.45, 7) is 6.50. The molecule has 0 aromatic carbocycles. The monoisotopic (exact) mass is 248 g/mol. The van der Waals surface area contributed by atoms with E-state index in [4.69, 9.17) is 4.74 Å². The Morgan fingerprint density at radius 2 is 2.06 bits per heavy atom. The van der Waals surface area contributed by atoms with Crippen molar-refractivity contribution in [2.75, 3.05) is 7.11 Å². The van der Waals surface area contributed by atoms with Crippen molar-refractivity contribution in [3.8, 4) is 0 Å². The van der Waals surface area contributed by atoms with E-state index in [2.05, 4.69) is 19.9 Å². The molecule has 2 unspecified atom stereocenters. The van der Waals surface area contributed by atoms with Gasteiger partial charge in [0.25, 0.3) is 0 Å². The van der Waals surface area contributed by atoms with Crippen LogP contribution in [0.25, 0.3) is 0 Å². The van der Waals surface area contributed by atoms with E-state index < -0.39 is 0 Å². The molecule has 0 radical (unpaired) electrons. The van der Waals surface area contributed by atoms with Crippen LogP contribution in [-0.2, 0) is 9.53 Å². The van der Waals surface area contributed by atoms with Crippen LogP contribution in [0.4, 0.5) is 0 Å². The van der Waals surface area contributed by atoms with Crippen LogP contribution in [-0.4, -0.2) is 13.1 Å². The predicted octanol–water partition coefficient (Wildman–Crippen LogP) is 3.88. The Labute approximate surface area is 110 Å². The Morgan fingerprint density at radius 3 is 2.72 bits per heavy atom. The maximum atomic E-state index is 11.5. The molecule has 2 aliphatic rings. The quantitative estimate of drug-likeness (QED) is 0.421. The van der Waals surface area contributed by atoms with Crippen molar-refractivity contribution in [2.45, 2.75) is 46.5 Å². The van der Waals surface area contributed by atoms with Gasteiger partial charge >= 0.3 is 5.97 Å². The van der Waals surface area contributed by atoms with Crippen molar-refractivity contribution in [3.63, 3.8) is 0 Å². The molecule has 0 N–H and O–H groups in total. The molecule has 100 valence electrons. The summed E-state index contributed by atoms with van der Waals surface area (Å²) < 4.78 is 4.79. The fourth-order valence-electron chi connectivity index (χ4n) is 3.67. The highest BCUT2D eigenvalue weighted by Crippen LogP contribution is 2.48. The van der Waals surface area contributed by atoms with Gasteiger partial charge in [-0.2, -0.15) is 0 Å². The number of ether oxygens (including phenoxy) is 1. The molecule has 0 bridgehead atoms. The molecule has 2 rings (SSSR count). The molecule has 2 aliphatic carbocycles. The van der Waals surface area contributed by atoms with Gasteiger partial charge in [-0.05, 0) is 57.3 Å². The Kier molecular flexibility index (Phi) is 3.94. The molecular weight excluding hydrogens is 224 g/mol. The molecule has 2 nitrogen and oxygen atoms in total. The minimum atomic E-state index is -0.193. The SMILES string of the molecule is COC(=O)/C(C)=C/[C@@H]1CCC(C)C2CCC(C)=C21. The summed E-state index contributed by atoms with van der Waals surface area (Å²) in [5.41, 5.74) is 3.94. The van der Waals surface area contributed by atoms with Crippen LogP contribution in [0.15, 0.2) is 22.8 Å². The summed E-state index contributed by atoms with van der Waals surface area (Å²) >= 11 is 0. The number of rotatable bonds is 2. The Bertz CT molecular complexity index is 403. The maximum absolute atomic E-state index is 11.5. The third-order valence-corrected chi connectivity index (χ3v) is 4.70. The fraction of sp³-hybridized carbons (Fsp3) is 0.688. The molecule has 0 aromatic rings. The van der Waals surface area contributed by atoms with E-state index in [0.29, 0.717) is 5.92 Å². The summed E-state index contributed by atoms with van der Waals surface area (Å²) in [7, 11) is 1.45. The third kappa shape index (κ3) is 2.38. The van der Waals surface area contributed by atoms with E-state index in [0.717, 1.165) is 17.4 Å². The first-order chi connectivity index (χ1) is 8.54. The van der Waals surface area contributed by atoms with E-state index in [9.17, 15) is 4.79 Å². The van der Waals surface area contributed by atoms with Crippen molar-refractivity contribution in [3.05, 3.63) is 22.8 Å². The number of carbonyl (C=O) groups is 1. The number of hydrogen-bond acceptors (Lipinski definition) is 2. The Balaban J connectivity index is 2.24. The van der Waals surface area contributed by atoms with Crippen LogP contribution in [0.5, 0.6) is 0 Å². The van der Waals surface area contributed by atoms with Crippen LogP contribution < -0.4 is 0 Å². The van der Waals surface area contributed by atoms with E-state index in [-0.39, 0.29) is 5.97 Å². The number of esters is 1. The van der Waals surface area contributed by atoms with Gasteiger partial charge in [0.05, 0.1) is 7.11 Å². The van der Waals surface area contributed by atoms with Gasteiger partial charge in [0.2, 0.25) is 0 Å². The van der Waals surface area contributed by atoms with Crippen LogP contribution in [0.1, 0.15) is 46.5 Å². The highest BCUT2D eigenvalue weighted by Gasteiger charge is 2.36. The minimum Gasteiger partial charge on any atom is -0.466 e. The number of fused-ring (bicyclic) bond motifs is 1.